The molecule has 130 valence electrons. The summed E-state index contributed by atoms with van der Waals surface area (Å²) >= 11 is 2.86. The molecule has 9 heteroatoms. The topological polar surface area (TPSA) is 80.5 Å². The number of amides is 1. The van der Waals surface area contributed by atoms with Crippen molar-refractivity contribution in [3.05, 3.63) is 24.2 Å². The number of nitrogens with zero attached hydrogens (tertiary/aromatic N) is 3. The van der Waals surface area contributed by atoms with E-state index in [1.54, 1.807) is 18.2 Å². The molecule has 0 radical (unpaired) electrons. The summed E-state index contributed by atoms with van der Waals surface area (Å²) in [7, 11) is 1.76. The number of furan rings is 1. The molecule has 2 aromatic rings. The first-order valence-corrected chi connectivity index (χ1v) is 9.59. The van der Waals surface area contributed by atoms with Gasteiger partial charge in [0.1, 0.15) is 5.76 Å². The van der Waals surface area contributed by atoms with Gasteiger partial charge in [0.05, 0.1) is 24.7 Å². The number of aromatic nitrogens is 2. The molecule has 1 amide bonds. The third-order valence-corrected chi connectivity index (χ3v) is 5.63. The van der Waals surface area contributed by atoms with Gasteiger partial charge < -0.3 is 19.4 Å². The van der Waals surface area contributed by atoms with Crippen molar-refractivity contribution >= 4 is 34.1 Å². The molecule has 7 nitrogen and oxygen atoms in total. The minimum Gasteiger partial charge on any atom is -0.467 e. The number of hydrogen-bond acceptors (Lipinski definition) is 8. The van der Waals surface area contributed by atoms with Crippen LogP contribution in [-0.4, -0.2) is 53.1 Å². The number of hydrogen-bond donors (Lipinski definition) is 1. The van der Waals surface area contributed by atoms with Crippen LogP contribution in [0.15, 0.2) is 27.2 Å². The van der Waals surface area contributed by atoms with Gasteiger partial charge in [-0.15, -0.1) is 10.2 Å². The van der Waals surface area contributed by atoms with Crippen molar-refractivity contribution in [3.63, 3.8) is 0 Å². The maximum absolute atomic E-state index is 12.1. The third kappa shape index (κ3) is 4.96. The van der Waals surface area contributed by atoms with E-state index >= 15 is 0 Å². The van der Waals surface area contributed by atoms with Crippen LogP contribution in [0, 0.1) is 0 Å². The molecule has 0 aromatic carbocycles. The Balaban J connectivity index is 1.40. The minimum absolute atomic E-state index is 0.0282. The second-order valence-electron chi connectivity index (χ2n) is 5.51. The van der Waals surface area contributed by atoms with Crippen molar-refractivity contribution in [1.82, 2.24) is 15.1 Å². The van der Waals surface area contributed by atoms with Gasteiger partial charge in [0.25, 0.3) is 0 Å². The summed E-state index contributed by atoms with van der Waals surface area (Å²) in [6, 6.07) is 3.67. The van der Waals surface area contributed by atoms with Gasteiger partial charge in [-0.3, -0.25) is 4.79 Å². The highest BCUT2D eigenvalue weighted by Crippen LogP contribution is 2.26. The second kappa shape index (κ2) is 8.50. The zero-order valence-electron chi connectivity index (χ0n) is 13.4. The highest BCUT2D eigenvalue weighted by atomic mass is 32.2. The molecule has 1 N–H and O–H groups in total. The molecular formula is C15H20N4O3S2. The summed E-state index contributed by atoms with van der Waals surface area (Å²) < 4.78 is 11.6. The Labute approximate surface area is 148 Å². The fourth-order valence-corrected chi connectivity index (χ4v) is 4.00. The predicted molar refractivity (Wildman–Crippen MR) is 93.3 cm³/mol. The average molecular weight is 368 g/mol. The van der Waals surface area contributed by atoms with Crippen molar-refractivity contribution in [2.45, 2.75) is 29.8 Å². The SMILES string of the molecule is CN(Cc1ccco1)C(=O)CSc1nnc(NCC2CCCO2)s1. The fourth-order valence-electron chi connectivity index (χ4n) is 2.30. The standard InChI is InChI=1S/C15H20N4O3S2/c1-19(9-12-5-3-7-22-12)13(20)10-23-15-18-17-14(24-15)16-8-11-4-2-6-21-11/h3,5,7,11H,2,4,6,8-10H2,1H3,(H,16,17). The van der Waals surface area contributed by atoms with Crippen molar-refractivity contribution < 1.29 is 13.9 Å². The quantitative estimate of drug-likeness (QED) is 0.717. The Morgan fingerprint density at radius 3 is 3.21 bits per heavy atom. The van der Waals surface area contributed by atoms with Crippen molar-refractivity contribution in [2.24, 2.45) is 0 Å². The monoisotopic (exact) mass is 368 g/mol. The summed E-state index contributed by atoms with van der Waals surface area (Å²) in [6.45, 7) is 2.07. The van der Waals surface area contributed by atoms with Crippen LogP contribution in [-0.2, 0) is 16.1 Å². The van der Waals surface area contributed by atoms with Crippen LogP contribution < -0.4 is 5.32 Å². The lowest BCUT2D eigenvalue weighted by atomic mass is 10.2. The summed E-state index contributed by atoms with van der Waals surface area (Å²) in [5, 5.41) is 12.2. The lowest BCUT2D eigenvalue weighted by Gasteiger charge is -2.14. The Morgan fingerprint density at radius 1 is 1.54 bits per heavy atom. The Morgan fingerprint density at radius 2 is 2.46 bits per heavy atom. The smallest absolute Gasteiger partial charge is 0.233 e. The molecule has 2 aromatic heterocycles. The zero-order chi connectivity index (χ0) is 16.8. The molecule has 3 rings (SSSR count). The first-order chi connectivity index (χ1) is 11.7. The number of carbonyl (C=O) groups is 1. The average Bonchev–Trinajstić information content (AvgIpc) is 3.32. The largest absolute Gasteiger partial charge is 0.467 e. The molecule has 1 saturated heterocycles. The lowest BCUT2D eigenvalue weighted by molar-refractivity contribution is -0.127. The van der Waals surface area contributed by atoms with E-state index < -0.39 is 0 Å². The highest BCUT2D eigenvalue weighted by molar-refractivity contribution is 8.01. The van der Waals surface area contributed by atoms with E-state index in [2.05, 4.69) is 15.5 Å². The first-order valence-electron chi connectivity index (χ1n) is 7.79. The molecule has 0 spiro atoms. The number of nitrogens with one attached hydrogen (secondary N) is 1. The van der Waals surface area contributed by atoms with Crippen LogP contribution in [0.2, 0.25) is 0 Å². The molecule has 1 atom stereocenters. The summed E-state index contributed by atoms with van der Waals surface area (Å²) in [6.07, 6.45) is 4.08. The Kier molecular flexibility index (Phi) is 6.11. The molecule has 1 fully saturated rings. The van der Waals surface area contributed by atoms with E-state index in [-0.39, 0.29) is 12.0 Å². The number of rotatable bonds is 8. The minimum atomic E-state index is 0.0282. The van der Waals surface area contributed by atoms with Crippen LogP contribution >= 0.6 is 23.1 Å². The number of anilines is 1. The number of ether oxygens (including phenoxy) is 1. The maximum Gasteiger partial charge on any atom is 0.233 e. The van der Waals surface area contributed by atoms with Crippen LogP contribution in [0.1, 0.15) is 18.6 Å². The maximum atomic E-state index is 12.1. The molecule has 1 aliphatic rings. The van der Waals surface area contributed by atoms with Gasteiger partial charge in [-0.05, 0) is 25.0 Å². The van der Waals surface area contributed by atoms with Crippen LogP contribution in [0.5, 0.6) is 0 Å². The number of thioether (sulfide) groups is 1. The van der Waals surface area contributed by atoms with E-state index in [0.717, 1.165) is 41.2 Å². The van der Waals surface area contributed by atoms with Gasteiger partial charge in [-0.1, -0.05) is 23.1 Å². The van der Waals surface area contributed by atoms with E-state index in [1.165, 1.54) is 23.1 Å². The molecular weight excluding hydrogens is 348 g/mol. The number of carbonyl (C=O) groups excluding carboxylic acids is 1. The van der Waals surface area contributed by atoms with Gasteiger partial charge in [0.15, 0.2) is 4.34 Å². The normalized spacial score (nSPS) is 17.1. The molecule has 3 heterocycles. The van der Waals surface area contributed by atoms with Crippen LogP contribution in [0.25, 0.3) is 0 Å². The first kappa shape index (κ1) is 17.2. The summed E-state index contributed by atoms with van der Waals surface area (Å²) in [4.78, 5) is 13.8. The van der Waals surface area contributed by atoms with E-state index in [4.69, 9.17) is 9.15 Å². The molecule has 0 bridgehead atoms. The second-order valence-corrected chi connectivity index (χ2v) is 7.71. The van der Waals surface area contributed by atoms with Crippen molar-refractivity contribution in [1.29, 1.82) is 0 Å². The molecule has 1 unspecified atom stereocenters. The van der Waals surface area contributed by atoms with E-state index in [1.807, 2.05) is 12.1 Å². The molecule has 0 aliphatic carbocycles. The third-order valence-electron chi connectivity index (χ3n) is 3.63. The van der Waals surface area contributed by atoms with Gasteiger partial charge in [0, 0.05) is 20.2 Å². The fraction of sp³-hybridized carbons (Fsp3) is 0.533. The van der Waals surface area contributed by atoms with Gasteiger partial charge in [-0.25, -0.2) is 0 Å². The van der Waals surface area contributed by atoms with E-state index in [0.29, 0.717) is 12.3 Å². The van der Waals surface area contributed by atoms with Crippen molar-refractivity contribution in [3.8, 4) is 0 Å². The zero-order valence-corrected chi connectivity index (χ0v) is 15.1. The van der Waals surface area contributed by atoms with E-state index in [9.17, 15) is 4.79 Å². The van der Waals surface area contributed by atoms with Gasteiger partial charge in [0.2, 0.25) is 11.0 Å². The Bertz CT molecular complexity index is 641. The summed E-state index contributed by atoms with van der Waals surface area (Å²) in [5.74, 6) is 1.13. The van der Waals surface area contributed by atoms with Crippen LogP contribution in [0.3, 0.4) is 0 Å². The van der Waals surface area contributed by atoms with Gasteiger partial charge in [-0.2, -0.15) is 0 Å². The molecule has 1 aliphatic heterocycles. The lowest BCUT2D eigenvalue weighted by Crippen LogP contribution is -2.27. The summed E-state index contributed by atoms with van der Waals surface area (Å²) in [5.41, 5.74) is 0. The predicted octanol–water partition coefficient (Wildman–Crippen LogP) is 2.47. The van der Waals surface area contributed by atoms with Gasteiger partial charge >= 0.3 is 0 Å². The molecule has 0 saturated carbocycles. The van der Waals surface area contributed by atoms with Crippen LogP contribution in [0.4, 0.5) is 5.13 Å². The highest BCUT2D eigenvalue weighted by Gasteiger charge is 2.16. The molecule has 24 heavy (non-hydrogen) atoms. The Hall–Kier alpha value is -1.58. The van der Waals surface area contributed by atoms with Crippen molar-refractivity contribution in [2.75, 3.05) is 31.3 Å².